The van der Waals surface area contributed by atoms with Crippen molar-refractivity contribution in [3.8, 4) is 0 Å². The molecule has 3 heterocycles. The molecule has 1 aromatic heterocycles. The molecule has 1 aromatic rings. The van der Waals surface area contributed by atoms with E-state index in [2.05, 4.69) is 14.9 Å². The van der Waals surface area contributed by atoms with Crippen molar-refractivity contribution in [2.75, 3.05) is 32.4 Å². The molecule has 19 heavy (non-hydrogen) atoms. The minimum atomic E-state index is 0.0687. The molecule has 5 nitrogen and oxygen atoms in total. The third-order valence-corrected chi connectivity index (χ3v) is 4.51. The maximum atomic E-state index is 12.4. The second-order valence-electron chi connectivity index (χ2n) is 5.04. The van der Waals surface area contributed by atoms with Crippen LogP contribution >= 0.6 is 11.8 Å². The lowest BCUT2D eigenvalue weighted by Gasteiger charge is -2.37. The summed E-state index contributed by atoms with van der Waals surface area (Å²) < 4.78 is 0. The van der Waals surface area contributed by atoms with Gasteiger partial charge in [-0.25, -0.2) is 9.97 Å². The summed E-state index contributed by atoms with van der Waals surface area (Å²) in [5.74, 6) is 0.0687. The normalized spacial score (nSPS) is 23.4. The molecule has 102 valence electrons. The lowest BCUT2D eigenvalue weighted by molar-refractivity contribution is 0.0570. The van der Waals surface area contributed by atoms with E-state index in [0.29, 0.717) is 16.8 Å². The summed E-state index contributed by atoms with van der Waals surface area (Å²) >= 11 is 1.48. The van der Waals surface area contributed by atoms with Gasteiger partial charge in [-0.1, -0.05) is 11.8 Å². The molecule has 1 unspecified atom stereocenters. The number of hydrogen-bond donors (Lipinski definition) is 0. The molecule has 2 fully saturated rings. The summed E-state index contributed by atoms with van der Waals surface area (Å²) in [5.41, 5.74) is 0.601. The van der Waals surface area contributed by atoms with Crippen molar-refractivity contribution in [3.63, 3.8) is 0 Å². The molecule has 2 saturated heterocycles. The van der Waals surface area contributed by atoms with Gasteiger partial charge in [0.05, 0.1) is 5.56 Å². The van der Waals surface area contributed by atoms with Crippen molar-refractivity contribution < 1.29 is 4.79 Å². The van der Waals surface area contributed by atoms with Gasteiger partial charge < -0.3 is 4.90 Å². The van der Waals surface area contributed by atoms with Crippen LogP contribution in [-0.2, 0) is 0 Å². The molecular weight excluding hydrogens is 260 g/mol. The van der Waals surface area contributed by atoms with E-state index in [-0.39, 0.29) is 5.91 Å². The first kappa shape index (κ1) is 12.9. The molecule has 0 aliphatic carbocycles. The minimum Gasteiger partial charge on any atom is -0.336 e. The molecule has 2 aliphatic rings. The van der Waals surface area contributed by atoms with Crippen molar-refractivity contribution in [3.05, 3.63) is 18.0 Å². The van der Waals surface area contributed by atoms with Gasteiger partial charge in [0.25, 0.3) is 5.91 Å². The topological polar surface area (TPSA) is 49.3 Å². The van der Waals surface area contributed by atoms with Gasteiger partial charge in [0, 0.05) is 38.1 Å². The van der Waals surface area contributed by atoms with Crippen LogP contribution in [0.5, 0.6) is 0 Å². The minimum absolute atomic E-state index is 0.0687. The number of amides is 1. The Hall–Kier alpha value is -1.14. The molecule has 1 amide bonds. The molecule has 0 spiro atoms. The van der Waals surface area contributed by atoms with Crippen LogP contribution in [0.25, 0.3) is 0 Å². The van der Waals surface area contributed by atoms with Crippen LogP contribution in [0.1, 0.15) is 23.2 Å². The van der Waals surface area contributed by atoms with Crippen molar-refractivity contribution in [1.82, 2.24) is 19.8 Å². The van der Waals surface area contributed by atoms with Gasteiger partial charge in [-0.3, -0.25) is 9.69 Å². The Bertz CT molecular complexity index is 464. The first-order valence-corrected chi connectivity index (χ1v) is 7.90. The monoisotopic (exact) mass is 278 g/mol. The lowest BCUT2D eigenvalue weighted by Crippen LogP contribution is -2.52. The second-order valence-corrected chi connectivity index (χ2v) is 5.82. The van der Waals surface area contributed by atoms with Gasteiger partial charge in [0.1, 0.15) is 0 Å². The molecule has 0 saturated carbocycles. The van der Waals surface area contributed by atoms with Crippen LogP contribution in [-0.4, -0.2) is 64.2 Å². The van der Waals surface area contributed by atoms with Crippen molar-refractivity contribution in [2.45, 2.75) is 24.0 Å². The van der Waals surface area contributed by atoms with Gasteiger partial charge in [-0.05, 0) is 25.6 Å². The Balaban J connectivity index is 1.69. The quantitative estimate of drug-likeness (QED) is 0.599. The van der Waals surface area contributed by atoms with Crippen molar-refractivity contribution in [2.24, 2.45) is 0 Å². The summed E-state index contributed by atoms with van der Waals surface area (Å²) in [4.78, 5) is 25.2. The predicted octanol–water partition coefficient (Wildman–Crippen LogP) is 1.12. The van der Waals surface area contributed by atoms with Gasteiger partial charge in [0.15, 0.2) is 5.16 Å². The third kappa shape index (κ3) is 2.60. The molecule has 0 N–H and O–H groups in total. The van der Waals surface area contributed by atoms with E-state index >= 15 is 0 Å². The zero-order chi connectivity index (χ0) is 13.2. The number of fused-ring (bicyclic) bond motifs is 1. The summed E-state index contributed by atoms with van der Waals surface area (Å²) in [7, 11) is 0. The van der Waals surface area contributed by atoms with Crippen LogP contribution in [0, 0.1) is 0 Å². The van der Waals surface area contributed by atoms with Crippen LogP contribution in [0.15, 0.2) is 17.6 Å². The molecule has 0 radical (unpaired) electrons. The highest BCUT2D eigenvalue weighted by Gasteiger charge is 2.32. The Morgan fingerprint density at radius 2 is 2.11 bits per heavy atom. The first-order chi connectivity index (χ1) is 9.28. The van der Waals surface area contributed by atoms with Crippen LogP contribution < -0.4 is 0 Å². The van der Waals surface area contributed by atoms with Crippen LogP contribution in [0.2, 0.25) is 0 Å². The number of hydrogen-bond acceptors (Lipinski definition) is 5. The Kier molecular flexibility index (Phi) is 3.70. The number of piperazine rings is 1. The van der Waals surface area contributed by atoms with E-state index in [9.17, 15) is 4.79 Å². The van der Waals surface area contributed by atoms with E-state index in [4.69, 9.17) is 0 Å². The highest BCUT2D eigenvalue weighted by atomic mass is 32.2. The maximum Gasteiger partial charge on any atom is 0.257 e. The lowest BCUT2D eigenvalue weighted by atomic mass is 10.1. The zero-order valence-electron chi connectivity index (χ0n) is 11.1. The number of carbonyl (C=O) groups excluding carboxylic acids is 1. The number of aromatic nitrogens is 2. The molecule has 0 bridgehead atoms. The van der Waals surface area contributed by atoms with E-state index in [1.54, 1.807) is 12.4 Å². The summed E-state index contributed by atoms with van der Waals surface area (Å²) in [6.45, 7) is 3.86. The standard InChI is InChI=1S/C13H18N4OS/c1-19-13-14-7-10(8-15-13)12(18)17-6-5-16-4-2-3-11(16)9-17/h7-8,11H,2-6,9H2,1H3. The fraction of sp³-hybridized carbons (Fsp3) is 0.615. The fourth-order valence-corrected chi connectivity index (χ4v) is 3.21. The summed E-state index contributed by atoms with van der Waals surface area (Å²) in [6.07, 6.45) is 7.68. The van der Waals surface area contributed by atoms with Gasteiger partial charge >= 0.3 is 0 Å². The average molecular weight is 278 g/mol. The SMILES string of the molecule is CSc1ncc(C(=O)N2CCN3CCCC3C2)cn1. The van der Waals surface area contributed by atoms with E-state index in [1.807, 2.05) is 11.2 Å². The Morgan fingerprint density at radius 1 is 1.32 bits per heavy atom. The van der Waals surface area contributed by atoms with Gasteiger partial charge in [-0.15, -0.1) is 0 Å². The molecular formula is C13H18N4OS. The van der Waals surface area contributed by atoms with E-state index in [1.165, 1.54) is 31.1 Å². The number of rotatable bonds is 2. The largest absolute Gasteiger partial charge is 0.336 e. The Labute approximate surface area is 117 Å². The van der Waals surface area contributed by atoms with E-state index in [0.717, 1.165) is 19.6 Å². The predicted molar refractivity (Wildman–Crippen MR) is 74.3 cm³/mol. The van der Waals surface area contributed by atoms with Crippen molar-refractivity contribution in [1.29, 1.82) is 0 Å². The molecule has 0 aromatic carbocycles. The fourth-order valence-electron chi connectivity index (χ4n) is 2.89. The number of nitrogens with zero attached hydrogens (tertiary/aromatic N) is 4. The van der Waals surface area contributed by atoms with Crippen molar-refractivity contribution >= 4 is 17.7 Å². The first-order valence-electron chi connectivity index (χ1n) is 6.67. The third-order valence-electron chi connectivity index (χ3n) is 3.93. The molecule has 1 atom stereocenters. The zero-order valence-corrected chi connectivity index (χ0v) is 11.9. The maximum absolute atomic E-state index is 12.4. The number of thioether (sulfide) groups is 1. The molecule has 2 aliphatic heterocycles. The van der Waals surface area contributed by atoms with E-state index < -0.39 is 0 Å². The molecule has 3 rings (SSSR count). The smallest absolute Gasteiger partial charge is 0.257 e. The highest BCUT2D eigenvalue weighted by molar-refractivity contribution is 7.98. The second kappa shape index (κ2) is 5.46. The van der Waals surface area contributed by atoms with Crippen LogP contribution in [0.4, 0.5) is 0 Å². The summed E-state index contributed by atoms with van der Waals surface area (Å²) in [6, 6.07) is 0.559. The summed E-state index contributed by atoms with van der Waals surface area (Å²) in [5, 5.41) is 0.706. The number of carbonyl (C=O) groups is 1. The average Bonchev–Trinajstić information content (AvgIpc) is 2.94. The molecule has 6 heteroatoms. The van der Waals surface area contributed by atoms with Gasteiger partial charge in [-0.2, -0.15) is 0 Å². The Morgan fingerprint density at radius 3 is 2.84 bits per heavy atom. The van der Waals surface area contributed by atoms with Crippen LogP contribution in [0.3, 0.4) is 0 Å². The highest BCUT2D eigenvalue weighted by Crippen LogP contribution is 2.22. The van der Waals surface area contributed by atoms with Gasteiger partial charge in [0.2, 0.25) is 0 Å².